The molecule has 2 heterocycles. The van der Waals surface area contributed by atoms with Gasteiger partial charge in [0.1, 0.15) is 11.4 Å². The van der Waals surface area contributed by atoms with E-state index in [1.54, 1.807) is 18.2 Å². The van der Waals surface area contributed by atoms with E-state index in [0.717, 1.165) is 6.42 Å². The topological polar surface area (TPSA) is 71.6 Å². The lowest BCUT2D eigenvalue weighted by atomic mass is 9.62. The third-order valence-corrected chi connectivity index (χ3v) is 7.09. The van der Waals surface area contributed by atoms with Gasteiger partial charge in [0, 0.05) is 30.5 Å². The standard InChI is InChI=1S/C29H28F3N3O3/c1-27(18-35(2)19-27)28(36,22-12-14-24(15-13-22)37-29(30,31)32)23-10-6-9-21(17-23)26-33-25(34-38-26)16-11-20-7-4-3-5-8-20/h3-10,12-15,17,36H,11,16,18-19H2,1-2H3. The molecular formula is C29H28F3N3O3. The second-order valence-corrected chi connectivity index (χ2v) is 10.1. The van der Waals surface area contributed by atoms with Crippen LogP contribution in [0.15, 0.2) is 83.4 Å². The van der Waals surface area contributed by atoms with E-state index in [1.807, 2.05) is 50.4 Å². The van der Waals surface area contributed by atoms with Gasteiger partial charge in [-0.05, 0) is 54.4 Å². The van der Waals surface area contributed by atoms with Gasteiger partial charge in [-0.1, -0.05) is 66.7 Å². The van der Waals surface area contributed by atoms with Crippen LogP contribution in [0.4, 0.5) is 13.2 Å². The number of hydrogen-bond donors (Lipinski definition) is 1. The van der Waals surface area contributed by atoms with Crippen molar-refractivity contribution in [3.8, 4) is 17.2 Å². The molecule has 1 atom stereocenters. The van der Waals surface area contributed by atoms with Crippen molar-refractivity contribution in [3.63, 3.8) is 0 Å². The number of aromatic nitrogens is 2. The predicted molar refractivity (Wildman–Crippen MR) is 135 cm³/mol. The van der Waals surface area contributed by atoms with Crippen LogP contribution in [0.25, 0.3) is 11.5 Å². The first kappa shape index (κ1) is 25.9. The van der Waals surface area contributed by atoms with E-state index in [2.05, 4.69) is 19.8 Å². The maximum absolute atomic E-state index is 12.7. The monoisotopic (exact) mass is 523 g/mol. The van der Waals surface area contributed by atoms with Gasteiger partial charge in [0.05, 0.1) is 0 Å². The van der Waals surface area contributed by atoms with Gasteiger partial charge in [-0.15, -0.1) is 13.2 Å². The molecule has 1 saturated heterocycles. The Labute approximate surface area is 218 Å². The highest BCUT2D eigenvalue weighted by Gasteiger charge is 2.55. The molecule has 198 valence electrons. The van der Waals surface area contributed by atoms with Gasteiger partial charge in [-0.2, -0.15) is 4.98 Å². The number of hydrogen-bond acceptors (Lipinski definition) is 6. The van der Waals surface area contributed by atoms with Gasteiger partial charge in [0.15, 0.2) is 5.82 Å². The van der Waals surface area contributed by atoms with Crippen LogP contribution in [-0.2, 0) is 18.4 Å². The van der Waals surface area contributed by atoms with E-state index in [-0.39, 0.29) is 5.75 Å². The molecule has 1 aromatic heterocycles. The molecule has 38 heavy (non-hydrogen) atoms. The molecule has 0 bridgehead atoms. The summed E-state index contributed by atoms with van der Waals surface area (Å²) >= 11 is 0. The molecule has 1 aliphatic heterocycles. The summed E-state index contributed by atoms with van der Waals surface area (Å²) in [6, 6.07) is 22.7. The lowest BCUT2D eigenvalue weighted by Gasteiger charge is -2.56. The maximum atomic E-state index is 12.7. The summed E-state index contributed by atoms with van der Waals surface area (Å²) < 4.78 is 47.6. The van der Waals surface area contributed by atoms with Crippen LogP contribution in [0, 0.1) is 5.41 Å². The summed E-state index contributed by atoms with van der Waals surface area (Å²) in [5, 5.41) is 16.4. The summed E-state index contributed by atoms with van der Waals surface area (Å²) in [7, 11) is 1.95. The van der Waals surface area contributed by atoms with Crippen LogP contribution in [0.2, 0.25) is 0 Å². The molecule has 1 N–H and O–H groups in total. The minimum absolute atomic E-state index is 0.335. The second kappa shape index (κ2) is 9.89. The third-order valence-electron chi connectivity index (χ3n) is 7.09. The van der Waals surface area contributed by atoms with Gasteiger partial charge in [0.25, 0.3) is 5.89 Å². The number of rotatable bonds is 8. The van der Waals surface area contributed by atoms with E-state index in [1.165, 1.54) is 29.8 Å². The Morgan fingerprint density at radius 3 is 2.32 bits per heavy atom. The predicted octanol–water partition coefficient (Wildman–Crippen LogP) is 5.61. The first-order chi connectivity index (χ1) is 18.1. The maximum Gasteiger partial charge on any atom is 0.573 e. The highest BCUT2D eigenvalue weighted by molar-refractivity contribution is 5.57. The molecular weight excluding hydrogens is 495 g/mol. The van der Waals surface area contributed by atoms with Gasteiger partial charge >= 0.3 is 6.36 Å². The van der Waals surface area contributed by atoms with Crippen molar-refractivity contribution in [3.05, 3.63) is 101 Å². The van der Waals surface area contributed by atoms with E-state index >= 15 is 0 Å². The molecule has 0 spiro atoms. The van der Waals surface area contributed by atoms with Crippen molar-refractivity contribution < 1.29 is 27.5 Å². The number of benzene rings is 3. The number of nitrogens with zero attached hydrogens (tertiary/aromatic N) is 3. The largest absolute Gasteiger partial charge is 0.573 e. The van der Waals surface area contributed by atoms with Crippen molar-refractivity contribution in [2.45, 2.75) is 31.7 Å². The quantitative estimate of drug-likeness (QED) is 0.324. The first-order valence-corrected chi connectivity index (χ1v) is 12.3. The van der Waals surface area contributed by atoms with E-state index in [0.29, 0.717) is 47.9 Å². The zero-order valence-electron chi connectivity index (χ0n) is 21.1. The van der Waals surface area contributed by atoms with Crippen molar-refractivity contribution in [1.82, 2.24) is 15.0 Å². The van der Waals surface area contributed by atoms with Crippen LogP contribution in [0.1, 0.15) is 29.4 Å². The Morgan fingerprint density at radius 2 is 1.66 bits per heavy atom. The Balaban J connectivity index is 1.45. The Morgan fingerprint density at radius 1 is 0.947 bits per heavy atom. The normalized spacial score (nSPS) is 17.0. The van der Waals surface area contributed by atoms with Crippen molar-refractivity contribution in [2.75, 3.05) is 20.1 Å². The van der Waals surface area contributed by atoms with Crippen LogP contribution in [-0.4, -0.2) is 46.6 Å². The fourth-order valence-electron chi connectivity index (χ4n) is 5.39. The Hall–Kier alpha value is -3.69. The van der Waals surface area contributed by atoms with E-state index in [4.69, 9.17) is 4.52 Å². The van der Waals surface area contributed by atoms with Gasteiger partial charge < -0.3 is 19.3 Å². The Kier molecular flexibility index (Phi) is 6.75. The molecule has 3 aromatic carbocycles. The fourth-order valence-corrected chi connectivity index (χ4v) is 5.39. The number of ether oxygens (including phenoxy) is 1. The molecule has 4 aromatic rings. The minimum atomic E-state index is -4.79. The zero-order chi connectivity index (χ0) is 27.0. The summed E-state index contributed by atoms with van der Waals surface area (Å²) in [4.78, 5) is 6.63. The average Bonchev–Trinajstić information content (AvgIpc) is 3.35. The number of aliphatic hydroxyl groups is 1. The number of likely N-dealkylation sites (tertiary alicyclic amines) is 1. The van der Waals surface area contributed by atoms with Gasteiger partial charge in [0.2, 0.25) is 0 Å². The van der Waals surface area contributed by atoms with Gasteiger partial charge in [-0.25, -0.2) is 0 Å². The van der Waals surface area contributed by atoms with Crippen molar-refractivity contribution in [2.24, 2.45) is 5.41 Å². The highest BCUT2D eigenvalue weighted by Crippen LogP contribution is 2.50. The van der Waals surface area contributed by atoms with Crippen LogP contribution >= 0.6 is 0 Å². The van der Waals surface area contributed by atoms with Crippen molar-refractivity contribution in [1.29, 1.82) is 0 Å². The first-order valence-electron chi connectivity index (χ1n) is 12.3. The van der Waals surface area contributed by atoms with E-state index in [9.17, 15) is 18.3 Å². The highest BCUT2D eigenvalue weighted by atomic mass is 19.4. The Bertz CT molecular complexity index is 1380. The van der Waals surface area contributed by atoms with Crippen LogP contribution in [0.3, 0.4) is 0 Å². The lowest BCUT2D eigenvalue weighted by molar-refractivity contribution is -0.274. The lowest BCUT2D eigenvalue weighted by Crippen LogP contribution is -2.63. The third kappa shape index (κ3) is 5.16. The molecule has 6 nitrogen and oxygen atoms in total. The molecule has 0 amide bonds. The summed E-state index contributed by atoms with van der Waals surface area (Å²) in [6.45, 7) is 3.16. The minimum Gasteiger partial charge on any atom is -0.406 e. The fraction of sp³-hybridized carbons (Fsp3) is 0.310. The second-order valence-electron chi connectivity index (χ2n) is 10.1. The molecule has 1 fully saturated rings. The molecule has 1 aliphatic rings. The smallest absolute Gasteiger partial charge is 0.406 e. The van der Waals surface area contributed by atoms with Crippen LogP contribution < -0.4 is 4.74 Å². The molecule has 0 saturated carbocycles. The summed E-state index contributed by atoms with van der Waals surface area (Å²) in [6.07, 6.45) is -3.40. The molecule has 5 rings (SSSR count). The summed E-state index contributed by atoms with van der Waals surface area (Å²) in [5.74, 6) is 0.571. The molecule has 0 aliphatic carbocycles. The number of aryl methyl sites for hydroxylation is 2. The van der Waals surface area contributed by atoms with Gasteiger partial charge in [-0.3, -0.25) is 0 Å². The van der Waals surface area contributed by atoms with E-state index < -0.39 is 17.4 Å². The van der Waals surface area contributed by atoms with Crippen LogP contribution in [0.5, 0.6) is 5.75 Å². The molecule has 0 radical (unpaired) electrons. The summed E-state index contributed by atoms with van der Waals surface area (Å²) in [5.41, 5.74) is 0.780. The average molecular weight is 524 g/mol. The SMILES string of the molecule is CN1CC(C)(C(O)(c2ccc(OC(F)(F)F)cc2)c2cccc(-c3nc(CCc4ccccc4)no3)c2)C1. The van der Waals surface area contributed by atoms with Crippen molar-refractivity contribution >= 4 is 0 Å². The molecule has 9 heteroatoms. The zero-order valence-corrected chi connectivity index (χ0v) is 21.1. The number of halogens is 3. The number of alkyl halides is 3. The molecule has 1 unspecified atom stereocenters.